The first-order chi connectivity index (χ1) is 13.4. The molecule has 0 aliphatic heterocycles. The van der Waals surface area contributed by atoms with Crippen molar-refractivity contribution in [1.82, 2.24) is 0 Å². The van der Waals surface area contributed by atoms with Gasteiger partial charge in [0.25, 0.3) is 8.32 Å². The van der Waals surface area contributed by atoms with Crippen LogP contribution in [0.5, 0.6) is 0 Å². The molecule has 0 saturated heterocycles. The van der Waals surface area contributed by atoms with Gasteiger partial charge in [0.2, 0.25) is 0 Å². The average molecular weight is 413 g/mol. The van der Waals surface area contributed by atoms with Crippen molar-refractivity contribution in [1.29, 1.82) is 0 Å². The smallest absolute Gasteiger partial charge is 0.258 e. The summed E-state index contributed by atoms with van der Waals surface area (Å²) < 4.78 is 7.05. The summed E-state index contributed by atoms with van der Waals surface area (Å²) in [4.78, 5) is 13.1. The number of carbonyl (C=O) groups is 1. The van der Waals surface area contributed by atoms with Gasteiger partial charge in [0.1, 0.15) is 11.7 Å². The van der Waals surface area contributed by atoms with Crippen LogP contribution in [0.25, 0.3) is 0 Å². The van der Waals surface area contributed by atoms with Crippen LogP contribution in [-0.2, 0) is 21.1 Å². The highest BCUT2D eigenvalue weighted by atomic mass is 28.4. The van der Waals surface area contributed by atoms with E-state index in [1.54, 1.807) is 0 Å². The van der Waals surface area contributed by atoms with Crippen LogP contribution < -0.4 is 0 Å². The van der Waals surface area contributed by atoms with Gasteiger partial charge >= 0.3 is 0 Å². The minimum absolute atomic E-state index is 0.183. The first-order valence-corrected chi connectivity index (χ1v) is 13.6. The molecule has 2 nitrogen and oxygen atoms in total. The Hall–Kier alpha value is -1.35. The number of hydrogen-bond donors (Lipinski definition) is 0. The van der Waals surface area contributed by atoms with Crippen LogP contribution in [0.1, 0.15) is 97.8 Å². The third kappa shape index (κ3) is 3.44. The van der Waals surface area contributed by atoms with Crippen LogP contribution in [0, 0.1) is 0 Å². The Bertz CT molecular complexity index is 807. The molecule has 0 radical (unpaired) electrons. The van der Waals surface area contributed by atoms with Gasteiger partial charge in [-0.1, -0.05) is 73.6 Å². The van der Waals surface area contributed by atoms with E-state index >= 15 is 0 Å². The van der Waals surface area contributed by atoms with E-state index in [2.05, 4.69) is 73.6 Å². The van der Waals surface area contributed by atoms with E-state index < -0.39 is 8.32 Å². The molecule has 1 aromatic carbocycles. The molecule has 2 aliphatic rings. The molecule has 0 aromatic heterocycles. The summed E-state index contributed by atoms with van der Waals surface area (Å²) in [5.41, 5.74) is 6.58. The van der Waals surface area contributed by atoms with Gasteiger partial charge in [-0.25, -0.2) is 0 Å². The fourth-order valence-corrected chi connectivity index (χ4v) is 11.5. The fraction of sp³-hybridized carbons (Fsp3) is 0.654. The third-order valence-electron chi connectivity index (χ3n) is 7.74. The summed E-state index contributed by atoms with van der Waals surface area (Å²) >= 11 is 0. The van der Waals surface area contributed by atoms with Crippen molar-refractivity contribution in [3.8, 4) is 0 Å². The number of ketones is 1. The van der Waals surface area contributed by atoms with Crippen molar-refractivity contribution in [3.05, 3.63) is 46.2 Å². The zero-order valence-electron chi connectivity index (χ0n) is 20.0. The minimum atomic E-state index is -2.08. The number of benzene rings is 1. The Kier molecular flexibility index (Phi) is 5.95. The Morgan fingerprint density at radius 2 is 1.62 bits per heavy atom. The molecule has 1 aromatic rings. The second-order valence-electron chi connectivity index (χ2n) is 10.8. The van der Waals surface area contributed by atoms with Gasteiger partial charge in [-0.05, 0) is 64.9 Å². The number of carbonyl (C=O) groups excluding carboxylic acids is 1. The predicted octanol–water partition coefficient (Wildman–Crippen LogP) is 7.43. The molecular weight excluding hydrogens is 372 g/mol. The summed E-state index contributed by atoms with van der Waals surface area (Å²) in [5.74, 6) is 1.05. The molecule has 3 rings (SSSR count). The molecule has 2 aliphatic carbocycles. The Morgan fingerprint density at radius 1 is 1.03 bits per heavy atom. The van der Waals surface area contributed by atoms with Crippen LogP contribution in [0.3, 0.4) is 0 Å². The first kappa shape index (κ1) is 22.3. The third-order valence-corrected chi connectivity index (χ3v) is 13.7. The van der Waals surface area contributed by atoms with Crippen molar-refractivity contribution in [2.24, 2.45) is 0 Å². The molecule has 0 N–H and O–H groups in total. The highest BCUT2D eigenvalue weighted by Gasteiger charge is 2.51. The van der Waals surface area contributed by atoms with Gasteiger partial charge in [-0.2, -0.15) is 0 Å². The monoisotopic (exact) mass is 412 g/mol. The number of allylic oxidation sites excluding steroid dienone is 2. The van der Waals surface area contributed by atoms with E-state index in [9.17, 15) is 4.79 Å². The Morgan fingerprint density at radius 3 is 2.17 bits per heavy atom. The van der Waals surface area contributed by atoms with Gasteiger partial charge in [-0.3, -0.25) is 4.79 Å². The van der Waals surface area contributed by atoms with E-state index in [0.717, 1.165) is 17.8 Å². The second-order valence-corrected chi connectivity index (χ2v) is 16.2. The van der Waals surface area contributed by atoms with Gasteiger partial charge in [0.15, 0.2) is 5.78 Å². The van der Waals surface area contributed by atoms with E-state index in [1.165, 1.54) is 29.5 Å². The van der Waals surface area contributed by atoms with Crippen molar-refractivity contribution < 1.29 is 9.22 Å². The number of rotatable bonds is 6. The SMILES string of the molecule is CC1=C(O[Si](C(C)C)(C(C)C)C(C)C)C(c2cccc3c2CCCC3(C)C)C1=O. The summed E-state index contributed by atoms with van der Waals surface area (Å²) in [6.45, 7) is 20.5. The highest BCUT2D eigenvalue weighted by Crippen LogP contribution is 2.51. The molecule has 160 valence electrons. The molecule has 0 saturated carbocycles. The predicted molar refractivity (Wildman–Crippen MR) is 125 cm³/mol. The molecule has 3 heteroatoms. The lowest BCUT2D eigenvalue weighted by Crippen LogP contribution is -2.50. The largest absolute Gasteiger partial charge is 0.545 e. The molecule has 1 unspecified atom stereocenters. The van der Waals surface area contributed by atoms with Gasteiger partial charge < -0.3 is 4.43 Å². The normalized spacial score (nSPS) is 21.7. The number of hydrogen-bond acceptors (Lipinski definition) is 2. The standard InChI is InChI=1S/C26H40O2Si/c1-16(2)29(17(3)4,18(5)6)28-25-19(7)24(27)23(25)21-12-10-14-22-20(21)13-11-15-26(22,8)9/h10,12,14,16-18,23H,11,13,15H2,1-9H3. The maximum atomic E-state index is 13.1. The number of fused-ring (bicyclic) bond motifs is 1. The van der Waals surface area contributed by atoms with Crippen molar-refractivity contribution >= 4 is 14.1 Å². The maximum Gasteiger partial charge on any atom is 0.258 e. The first-order valence-electron chi connectivity index (χ1n) is 11.5. The average Bonchev–Trinajstić information content (AvgIpc) is 2.63. The minimum Gasteiger partial charge on any atom is -0.545 e. The molecular formula is C26H40O2Si. The zero-order chi connectivity index (χ0) is 21.7. The summed E-state index contributed by atoms with van der Waals surface area (Å²) in [5, 5.41) is 0. The van der Waals surface area contributed by atoms with E-state index in [-0.39, 0.29) is 17.1 Å². The lowest BCUT2D eigenvalue weighted by Gasteiger charge is -2.47. The summed E-state index contributed by atoms with van der Waals surface area (Å²) in [7, 11) is -2.08. The molecule has 1 atom stereocenters. The van der Waals surface area contributed by atoms with Crippen LogP contribution in [0.15, 0.2) is 29.5 Å². The fourth-order valence-electron chi connectivity index (χ4n) is 6.19. The van der Waals surface area contributed by atoms with Crippen LogP contribution >= 0.6 is 0 Å². The molecule has 0 fully saturated rings. The molecule has 0 amide bonds. The quantitative estimate of drug-likeness (QED) is 0.454. The van der Waals surface area contributed by atoms with Gasteiger partial charge in [-0.15, -0.1) is 0 Å². The molecule has 0 spiro atoms. The van der Waals surface area contributed by atoms with Crippen LogP contribution in [0.2, 0.25) is 16.6 Å². The maximum absolute atomic E-state index is 13.1. The van der Waals surface area contributed by atoms with Crippen molar-refractivity contribution in [2.75, 3.05) is 0 Å². The van der Waals surface area contributed by atoms with E-state index in [0.29, 0.717) is 16.6 Å². The van der Waals surface area contributed by atoms with Crippen LogP contribution in [0.4, 0.5) is 0 Å². The van der Waals surface area contributed by atoms with Crippen LogP contribution in [-0.4, -0.2) is 14.1 Å². The molecule has 0 bridgehead atoms. The van der Waals surface area contributed by atoms with Crippen molar-refractivity contribution in [3.63, 3.8) is 0 Å². The number of Topliss-reactive ketones (excluding diaryl/α,β-unsaturated/α-hetero) is 1. The van der Waals surface area contributed by atoms with E-state index in [4.69, 9.17) is 4.43 Å². The van der Waals surface area contributed by atoms with Gasteiger partial charge in [0, 0.05) is 5.57 Å². The lowest BCUT2D eigenvalue weighted by molar-refractivity contribution is -0.119. The van der Waals surface area contributed by atoms with Crippen molar-refractivity contribution in [2.45, 2.75) is 110 Å². The molecule has 0 heterocycles. The Balaban J connectivity index is 2.07. The van der Waals surface area contributed by atoms with E-state index in [1.807, 2.05) is 6.92 Å². The Labute approximate surface area is 179 Å². The summed E-state index contributed by atoms with van der Waals surface area (Å²) in [6.07, 6.45) is 3.48. The lowest BCUT2D eigenvalue weighted by atomic mass is 9.68. The zero-order valence-corrected chi connectivity index (χ0v) is 21.0. The van der Waals surface area contributed by atoms with Gasteiger partial charge in [0.05, 0.1) is 0 Å². The molecule has 29 heavy (non-hydrogen) atoms. The highest BCUT2D eigenvalue weighted by molar-refractivity contribution is 6.78. The second kappa shape index (κ2) is 7.72. The topological polar surface area (TPSA) is 26.3 Å². The summed E-state index contributed by atoms with van der Waals surface area (Å²) in [6, 6.07) is 6.60.